The number of carbonyl (C=O) groups excluding carboxylic acids is 1. The molecule has 24 heavy (non-hydrogen) atoms. The number of hydrogen-bond donors (Lipinski definition) is 1. The van der Waals surface area contributed by atoms with Crippen LogP contribution in [0.2, 0.25) is 0 Å². The number of nitriles is 1. The predicted molar refractivity (Wildman–Crippen MR) is 97.8 cm³/mol. The number of carbonyl (C=O) groups is 1. The molecule has 2 rings (SSSR count). The summed E-state index contributed by atoms with van der Waals surface area (Å²) in [7, 11) is 0. The third-order valence-electron chi connectivity index (χ3n) is 3.75. The van der Waals surface area contributed by atoms with Crippen molar-refractivity contribution in [3.8, 4) is 6.07 Å². The molecule has 0 atom stereocenters. The van der Waals surface area contributed by atoms with E-state index in [1.165, 1.54) is 31.0 Å². The quantitative estimate of drug-likeness (QED) is 0.526. The van der Waals surface area contributed by atoms with Crippen LogP contribution in [0.5, 0.6) is 0 Å². The van der Waals surface area contributed by atoms with Crippen molar-refractivity contribution in [2.45, 2.75) is 50.7 Å². The molecule has 1 heterocycles. The standard InChI is InChI=1S/C18H24N4OS/c1-2-3-4-7-13-22-16-10-6-5-9-15(16)21-18(22)24-14-17(23)20-12-8-11-19/h5-6,9-10H,2-4,7-8,12-14H2,1H3,(H,20,23). The van der Waals surface area contributed by atoms with Crippen LogP contribution in [0.1, 0.15) is 39.0 Å². The van der Waals surface area contributed by atoms with Gasteiger partial charge in [-0.25, -0.2) is 4.98 Å². The molecule has 0 aliphatic rings. The number of imidazole rings is 1. The molecule has 6 heteroatoms. The molecule has 5 nitrogen and oxygen atoms in total. The normalized spacial score (nSPS) is 10.7. The topological polar surface area (TPSA) is 70.7 Å². The summed E-state index contributed by atoms with van der Waals surface area (Å²) >= 11 is 1.46. The lowest BCUT2D eigenvalue weighted by Crippen LogP contribution is -2.26. The molecule has 1 aromatic carbocycles. The van der Waals surface area contributed by atoms with Gasteiger partial charge < -0.3 is 9.88 Å². The van der Waals surface area contributed by atoms with Gasteiger partial charge >= 0.3 is 0 Å². The van der Waals surface area contributed by atoms with E-state index in [4.69, 9.17) is 5.26 Å². The summed E-state index contributed by atoms with van der Waals surface area (Å²) < 4.78 is 2.22. The zero-order valence-electron chi connectivity index (χ0n) is 14.1. The molecule has 0 aliphatic carbocycles. The predicted octanol–water partition coefficient (Wildman–Crippen LogP) is 3.74. The molecule has 1 amide bonds. The van der Waals surface area contributed by atoms with E-state index in [0.29, 0.717) is 18.7 Å². The Kier molecular flexibility index (Phi) is 7.63. The Morgan fingerprint density at radius 2 is 2.17 bits per heavy atom. The summed E-state index contributed by atoms with van der Waals surface area (Å²) in [6, 6.07) is 10.1. The summed E-state index contributed by atoms with van der Waals surface area (Å²) in [6.07, 6.45) is 5.13. The van der Waals surface area contributed by atoms with E-state index in [2.05, 4.69) is 27.9 Å². The van der Waals surface area contributed by atoms with Crippen LogP contribution >= 0.6 is 11.8 Å². The molecule has 0 saturated heterocycles. The third kappa shape index (κ3) is 5.27. The van der Waals surface area contributed by atoms with Crippen molar-refractivity contribution in [2.24, 2.45) is 0 Å². The fourth-order valence-corrected chi connectivity index (χ4v) is 3.39. The molecule has 0 fully saturated rings. The second-order valence-corrected chi connectivity index (χ2v) is 6.58. The highest BCUT2D eigenvalue weighted by Gasteiger charge is 2.12. The summed E-state index contributed by atoms with van der Waals surface area (Å²) in [5, 5.41) is 12.1. The summed E-state index contributed by atoms with van der Waals surface area (Å²) in [4.78, 5) is 16.5. The van der Waals surface area contributed by atoms with E-state index in [1.54, 1.807) is 0 Å². The van der Waals surface area contributed by atoms with Crippen LogP contribution in [0.4, 0.5) is 0 Å². The number of aromatic nitrogens is 2. The molecule has 0 bridgehead atoms. The highest BCUT2D eigenvalue weighted by atomic mass is 32.2. The van der Waals surface area contributed by atoms with E-state index in [9.17, 15) is 4.79 Å². The Labute approximate surface area is 147 Å². The van der Waals surface area contributed by atoms with Gasteiger partial charge in [0.1, 0.15) is 0 Å². The molecule has 0 saturated carbocycles. The summed E-state index contributed by atoms with van der Waals surface area (Å²) in [6.45, 7) is 3.54. The minimum Gasteiger partial charge on any atom is -0.354 e. The average Bonchev–Trinajstić information content (AvgIpc) is 2.95. The maximum Gasteiger partial charge on any atom is 0.230 e. The van der Waals surface area contributed by atoms with E-state index in [-0.39, 0.29) is 5.91 Å². The van der Waals surface area contributed by atoms with Crippen molar-refractivity contribution in [2.75, 3.05) is 12.3 Å². The van der Waals surface area contributed by atoms with Gasteiger partial charge in [0, 0.05) is 13.1 Å². The van der Waals surface area contributed by atoms with Crippen LogP contribution in [0.25, 0.3) is 11.0 Å². The van der Waals surface area contributed by atoms with Crippen LogP contribution in [-0.4, -0.2) is 27.8 Å². The molecular weight excluding hydrogens is 320 g/mol. The Bertz CT molecular complexity index is 705. The Morgan fingerprint density at radius 1 is 1.33 bits per heavy atom. The van der Waals surface area contributed by atoms with Gasteiger partial charge in [-0.05, 0) is 18.6 Å². The minimum absolute atomic E-state index is 0.0557. The van der Waals surface area contributed by atoms with Crippen molar-refractivity contribution in [1.82, 2.24) is 14.9 Å². The number of fused-ring (bicyclic) bond motifs is 1. The summed E-state index contributed by atoms with van der Waals surface area (Å²) in [5.41, 5.74) is 2.10. The molecule has 0 aliphatic heterocycles. The van der Waals surface area contributed by atoms with Crippen molar-refractivity contribution in [3.05, 3.63) is 24.3 Å². The highest BCUT2D eigenvalue weighted by molar-refractivity contribution is 7.99. The average molecular weight is 344 g/mol. The zero-order chi connectivity index (χ0) is 17.2. The Morgan fingerprint density at radius 3 is 2.96 bits per heavy atom. The highest BCUT2D eigenvalue weighted by Crippen LogP contribution is 2.24. The fraction of sp³-hybridized carbons (Fsp3) is 0.500. The van der Waals surface area contributed by atoms with Gasteiger partial charge in [-0.15, -0.1) is 0 Å². The third-order valence-corrected chi connectivity index (χ3v) is 4.72. The van der Waals surface area contributed by atoms with E-state index >= 15 is 0 Å². The van der Waals surface area contributed by atoms with Gasteiger partial charge in [-0.3, -0.25) is 4.79 Å². The molecule has 0 spiro atoms. The van der Waals surface area contributed by atoms with Gasteiger partial charge in [0.25, 0.3) is 0 Å². The van der Waals surface area contributed by atoms with Gasteiger partial charge in [0.15, 0.2) is 5.16 Å². The minimum atomic E-state index is -0.0557. The second kappa shape index (κ2) is 9.99. The number of benzene rings is 1. The molecule has 0 radical (unpaired) electrons. The second-order valence-electron chi connectivity index (χ2n) is 5.64. The smallest absolute Gasteiger partial charge is 0.230 e. The van der Waals surface area contributed by atoms with Crippen molar-refractivity contribution in [1.29, 1.82) is 5.26 Å². The molecule has 1 aromatic heterocycles. The van der Waals surface area contributed by atoms with Crippen LogP contribution < -0.4 is 5.32 Å². The molecule has 2 aromatic rings. The number of rotatable bonds is 10. The lowest BCUT2D eigenvalue weighted by molar-refractivity contribution is -0.118. The van der Waals surface area contributed by atoms with Crippen LogP contribution in [0.3, 0.4) is 0 Å². The van der Waals surface area contributed by atoms with E-state index in [1.807, 2.05) is 24.3 Å². The number of aryl methyl sites for hydroxylation is 1. The number of unbranched alkanes of at least 4 members (excludes halogenated alkanes) is 3. The monoisotopic (exact) mass is 344 g/mol. The fourth-order valence-electron chi connectivity index (χ4n) is 2.52. The number of hydrogen-bond acceptors (Lipinski definition) is 4. The Hall–Kier alpha value is -2.00. The molecular formula is C18H24N4OS. The zero-order valence-corrected chi connectivity index (χ0v) is 14.9. The van der Waals surface area contributed by atoms with Crippen LogP contribution in [0, 0.1) is 11.3 Å². The number of para-hydroxylation sites is 2. The number of nitrogens with one attached hydrogen (secondary N) is 1. The van der Waals surface area contributed by atoms with Gasteiger partial charge in [0.2, 0.25) is 5.91 Å². The van der Waals surface area contributed by atoms with Crippen molar-refractivity contribution < 1.29 is 4.79 Å². The van der Waals surface area contributed by atoms with Crippen LogP contribution in [0.15, 0.2) is 29.4 Å². The first-order valence-electron chi connectivity index (χ1n) is 8.48. The van der Waals surface area contributed by atoms with E-state index in [0.717, 1.165) is 29.2 Å². The van der Waals surface area contributed by atoms with Gasteiger partial charge in [-0.2, -0.15) is 5.26 Å². The molecule has 1 N–H and O–H groups in total. The first-order chi connectivity index (χ1) is 11.8. The van der Waals surface area contributed by atoms with E-state index < -0.39 is 0 Å². The first-order valence-corrected chi connectivity index (χ1v) is 9.46. The van der Waals surface area contributed by atoms with Crippen molar-refractivity contribution in [3.63, 3.8) is 0 Å². The maximum atomic E-state index is 11.8. The molecule has 128 valence electrons. The SMILES string of the molecule is CCCCCCn1c(SCC(=O)NCCC#N)nc2ccccc21. The number of thioether (sulfide) groups is 1. The Balaban J connectivity index is 2.02. The number of nitrogens with zero attached hydrogens (tertiary/aromatic N) is 3. The largest absolute Gasteiger partial charge is 0.354 e. The lowest BCUT2D eigenvalue weighted by atomic mass is 10.2. The van der Waals surface area contributed by atoms with Gasteiger partial charge in [-0.1, -0.05) is 50.1 Å². The summed E-state index contributed by atoms with van der Waals surface area (Å²) in [5.74, 6) is 0.267. The number of amides is 1. The van der Waals surface area contributed by atoms with Gasteiger partial charge in [0.05, 0.1) is 29.3 Å². The maximum absolute atomic E-state index is 11.8. The van der Waals surface area contributed by atoms with Crippen LogP contribution in [-0.2, 0) is 11.3 Å². The molecule has 0 unspecified atom stereocenters. The first kappa shape index (κ1) is 18.3. The lowest BCUT2D eigenvalue weighted by Gasteiger charge is -2.09. The van der Waals surface area contributed by atoms with Crippen molar-refractivity contribution >= 4 is 28.7 Å².